The van der Waals surface area contributed by atoms with E-state index in [2.05, 4.69) is 189 Å². The maximum atomic E-state index is 6.55. The lowest BCUT2D eigenvalue weighted by Gasteiger charge is -2.32. The van der Waals surface area contributed by atoms with Crippen LogP contribution in [0.25, 0.3) is 66.1 Å². The van der Waals surface area contributed by atoms with Gasteiger partial charge in [-0.1, -0.05) is 147 Å². The molecule has 10 rings (SSSR count). The van der Waals surface area contributed by atoms with Crippen molar-refractivity contribution in [3.8, 4) is 33.4 Å². The maximum absolute atomic E-state index is 6.55. The van der Waals surface area contributed by atoms with Crippen LogP contribution < -0.4 is 4.90 Å². The molecule has 1 aliphatic rings. The van der Waals surface area contributed by atoms with Crippen LogP contribution in [0, 0.1) is 0 Å². The first kappa shape index (κ1) is 31.4. The molecule has 1 heterocycles. The topological polar surface area (TPSA) is 16.4 Å². The minimum atomic E-state index is -0.0252. The first-order valence-corrected chi connectivity index (χ1v) is 18.8. The van der Waals surface area contributed by atoms with Gasteiger partial charge in [0, 0.05) is 38.3 Å². The monoisotopic (exact) mass is 681 g/mol. The van der Waals surface area contributed by atoms with Crippen LogP contribution in [-0.2, 0) is 5.41 Å². The second kappa shape index (κ2) is 12.4. The number of para-hydroxylation sites is 1. The van der Waals surface area contributed by atoms with Gasteiger partial charge in [0.25, 0.3) is 0 Å². The van der Waals surface area contributed by atoms with Crippen LogP contribution in [0.4, 0.5) is 17.1 Å². The van der Waals surface area contributed by atoms with Crippen molar-refractivity contribution in [1.29, 1.82) is 0 Å². The van der Waals surface area contributed by atoms with Crippen LogP contribution in [0.5, 0.6) is 0 Å². The quantitative estimate of drug-likeness (QED) is 0.166. The second-order valence-corrected chi connectivity index (χ2v) is 14.3. The van der Waals surface area contributed by atoms with E-state index >= 15 is 0 Å². The Balaban J connectivity index is 1.14. The average molecular weight is 682 g/mol. The van der Waals surface area contributed by atoms with Crippen molar-refractivity contribution in [2.75, 3.05) is 4.90 Å². The molecule has 0 saturated carbocycles. The fourth-order valence-electron chi connectivity index (χ4n) is 9.03. The molecule has 2 heteroatoms. The Labute approximate surface area is 310 Å². The first-order chi connectivity index (χ1) is 26.2. The van der Waals surface area contributed by atoms with Crippen LogP contribution in [0.15, 0.2) is 180 Å². The average Bonchev–Trinajstić information content (AvgIpc) is 3.75. The molecule has 0 unspecified atom stereocenters. The zero-order valence-corrected chi connectivity index (χ0v) is 30.0. The third-order valence-electron chi connectivity index (χ3n) is 11.8. The molecule has 0 fully saturated rings. The van der Waals surface area contributed by atoms with Crippen molar-refractivity contribution in [3.63, 3.8) is 0 Å². The van der Waals surface area contributed by atoms with E-state index < -0.39 is 0 Å². The third kappa shape index (κ3) is 4.86. The second-order valence-electron chi connectivity index (χ2n) is 14.3. The molecule has 0 bridgehead atoms. The van der Waals surface area contributed by atoms with Crippen molar-refractivity contribution in [3.05, 3.63) is 187 Å². The molecule has 0 amide bonds. The zero-order chi connectivity index (χ0) is 35.5. The van der Waals surface area contributed by atoms with E-state index in [-0.39, 0.29) is 5.41 Å². The van der Waals surface area contributed by atoms with Crippen molar-refractivity contribution in [2.24, 2.45) is 0 Å². The molecule has 0 radical (unpaired) electrons. The smallest absolute Gasteiger partial charge is 0.143 e. The summed E-state index contributed by atoms with van der Waals surface area (Å²) in [7, 11) is 0. The van der Waals surface area contributed by atoms with Crippen molar-refractivity contribution in [2.45, 2.75) is 32.1 Å². The Morgan fingerprint density at radius 2 is 1.00 bits per heavy atom. The van der Waals surface area contributed by atoms with Gasteiger partial charge in [0.05, 0.1) is 5.69 Å². The van der Waals surface area contributed by atoms with E-state index in [0.29, 0.717) is 0 Å². The summed E-state index contributed by atoms with van der Waals surface area (Å²) in [5.41, 5.74) is 15.6. The summed E-state index contributed by atoms with van der Waals surface area (Å²) in [6, 6.07) is 64.1. The standard InChI is InChI=1S/C51H39NO/c1-3-51(4-2)46-18-10-8-15-40(46)41-30-29-39(33-47(41)51)52(38-27-25-37(26-28-38)36-23-21-35(22-24-36)34-13-6-5-7-14-34)48-19-12-17-44-42(48)31-32-45-43-16-9-11-20-49(43)53-50(44)45/h5-33H,3-4H2,1-2H3. The highest BCUT2D eigenvalue weighted by atomic mass is 16.3. The Bertz CT molecular complexity index is 2790. The van der Waals surface area contributed by atoms with Crippen LogP contribution in [-0.4, -0.2) is 0 Å². The molecule has 9 aromatic rings. The summed E-state index contributed by atoms with van der Waals surface area (Å²) in [4.78, 5) is 2.44. The molecule has 0 saturated heterocycles. The molecule has 1 aromatic heterocycles. The van der Waals surface area contributed by atoms with E-state index in [9.17, 15) is 0 Å². The molecule has 8 aromatic carbocycles. The van der Waals surface area contributed by atoms with Gasteiger partial charge in [-0.3, -0.25) is 0 Å². The van der Waals surface area contributed by atoms with Crippen LogP contribution in [0.3, 0.4) is 0 Å². The van der Waals surface area contributed by atoms with Gasteiger partial charge < -0.3 is 9.32 Å². The summed E-state index contributed by atoms with van der Waals surface area (Å²) in [6.07, 6.45) is 2.10. The van der Waals surface area contributed by atoms with Gasteiger partial charge in [0.15, 0.2) is 0 Å². The molecule has 2 nitrogen and oxygen atoms in total. The van der Waals surface area contributed by atoms with Gasteiger partial charge in [-0.2, -0.15) is 0 Å². The van der Waals surface area contributed by atoms with Gasteiger partial charge >= 0.3 is 0 Å². The molecule has 1 aliphatic carbocycles. The summed E-state index contributed by atoms with van der Waals surface area (Å²) in [6.45, 7) is 4.68. The highest BCUT2D eigenvalue weighted by molar-refractivity contribution is 6.17. The van der Waals surface area contributed by atoms with E-state index in [1.54, 1.807) is 0 Å². The fourth-order valence-corrected chi connectivity index (χ4v) is 9.03. The van der Waals surface area contributed by atoms with E-state index in [1.807, 2.05) is 6.07 Å². The van der Waals surface area contributed by atoms with Gasteiger partial charge in [-0.15, -0.1) is 0 Å². The molecule has 0 atom stereocenters. The minimum absolute atomic E-state index is 0.0252. The zero-order valence-electron chi connectivity index (χ0n) is 30.0. The predicted molar refractivity (Wildman–Crippen MR) is 224 cm³/mol. The summed E-state index contributed by atoms with van der Waals surface area (Å²) < 4.78 is 6.55. The molecule has 53 heavy (non-hydrogen) atoms. The van der Waals surface area contributed by atoms with Gasteiger partial charge in [0.2, 0.25) is 0 Å². The van der Waals surface area contributed by atoms with Crippen LogP contribution in [0.1, 0.15) is 37.8 Å². The fraction of sp³-hybridized carbons (Fsp3) is 0.0980. The van der Waals surface area contributed by atoms with E-state index in [4.69, 9.17) is 4.42 Å². The Kier molecular flexibility index (Phi) is 7.33. The first-order valence-electron chi connectivity index (χ1n) is 18.8. The SMILES string of the molecule is CCC1(CC)c2ccccc2-c2ccc(N(c3ccc(-c4ccc(-c5ccccc5)cc4)cc3)c3cccc4c3ccc3c5ccccc5oc43)cc21. The normalized spacial score (nSPS) is 13.0. The molecular formula is C51H39NO. The number of hydrogen-bond donors (Lipinski definition) is 0. The minimum Gasteiger partial charge on any atom is -0.455 e. The highest BCUT2D eigenvalue weighted by Crippen LogP contribution is 2.54. The molecule has 0 N–H and O–H groups in total. The molecule has 0 aliphatic heterocycles. The largest absolute Gasteiger partial charge is 0.455 e. The third-order valence-corrected chi connectivity index (χ3v) is 11.8. The van der Waals surface area contributed by atoms with Crippen molar-refractivity contribution in [1.82, 2.24) is 0 Å². The van der Waals surface area contributed by atoms with Gasteiger partial charge in [-0.25, -0.2) is 0 Å². The Hall–Kier alpha value is -6.38. The number of hydrogen-bond acceptors (Lipinski definition) is 2. The lowest BCUT2D eigenvalue weighted by molar-refractivity contribution is 0.490. The number of nitrogens with zero attached hydrogens (tertiary/aromatic N) is 1. The lowest BCUT2D eigenvalue weighted by atomic mass is 9.74. The van der Waals surface area contributed by atoms with Crippen molar-refractivity contribution < 1.29 is 4.42 Å². The number of rotatable bonds is 7. The Morgan fingerprint density at radius 1 is 0.434 bits per heavy atom. The number of furan rings is 1. The number of fused-ring (bicyclic) bond motifs is 8. The van der Waals surface area contributed by atoms with E-state index in [1.165, 1.54) is 44.5 Å². The van der Waals surface area contributed by atoms with Crippen molar-refractivity contribution >= 4 is 49.8 Å². The Morgan fingerprint density at radius 3 is 1.75 bits per heavy atom. The molecule has 254 valence electrons. The van der Waals surface area contributed by atoms with Crippen LogP contribution >= 0.6 is 0 Å². The number of anilines is 3. The summed E-state index contributed by atoms with van der Waals surface area (Å²) in [5, 5.41) is 4.56. The summed E-state index contributed by atoms with van der Waals surface area (Å²) >= 11 is 0. The molecule has 0 spiro atoms. The van der Waals surface area contributed by atoms with E-state index in [0.717, 1.165) is 62.6 Å². The molecular weight excluding hydrogens is 643 g/mol. The predicted octanol–water partition coefficient (Wildman–Crippen LogP) is 14.6. The van der Waals surface area contributed by atoms with Gasteiger partial charge in [0.1, 0.15) is 11.2 Å². The highest BCUT2D eigenvalue weighted by Gasteiger charge is 2.40. The lowest BCUT2D eigenvalue weighted by Crippen LogP contribution is -2.23. The van der Waals surface area contributed by atoms with Gasteiger partial charge in [-0.05, 0) is 99.8 Å². The summed E-state index contributed by atoms with van der Waals surface area (Å²) in [5.74, 6) is 0. The number of benzene rings is 8. The maximum Gasteiger partial charge on any atom is 0.143 e. The van der Waals surface area contributed by atoms with Crippen LogP contribution in [0.2, 0.25) is 0 Å².